The van der Waals surface area contributed by atoms with Crippen LogP contribution in [0.5, 0.6) is 11.6 Å². The first-order valence-corrected chi connectivity index (χ1v) is 8.17. The largest absolute Gasteiger partial charge is 0.439 e. The lowest BCUT2D eigenvalue weighted by molar-refractivity contribution is 0.443. The average molecular weight is 356 g/mol. The van der Waals surface area contributed by atoms with Gasteiger partial charge in [-0.25, -0.2) is 13.8 Å². The number of pyridine rings is 1. The number of benzene rings is 1. The Morgan fingerprint density at radius 3 is 2.58 bits per heavy atom. The molecule has 2 heterocycles. The zero-order valence-corrected chi connectivity index (χ0v) is 14.4. The molecule has 2 aromatic heterocycles. The summed E-state index contributed by atoms with van der Waals surface area (Å²) in [4.78, 5) is 4.16. The molecule has 0 bridgehead atoms. The lowest BCUT2D eigenvalue weighted by Gasteiger charge is -2.11. The monoisotopic (exact) mass is 356 g/mol. The van der Waals surface area contributed by atoms with E-state index in [9.17, 15) is 8.78 Å². The molecule has 0 radical (unpaired) electrons. The van der Waals surface area contributed by atoms with Gasteiger partial charge in [-0.2, -0.15) is 5.10 Å². The molecule has 3 rings (SSSR count). The average Bonchev–Trinajstić information content (AvgIpc) is 2.64. The van der Waals surface area contributed by atoms with E-state index in [-0.39, 0.29) is 5.75 Å². The number of halogens is 2. The van der Waals surface area contributed by atoms with Crippen LogP contribution in [0.15, 0.2) is 48.7 Å². The molecule has 0 spiro atoms. The highest BCUT2D eigenvalue weighted by Crippen LogP contribution is 2.25. The number of rotatable bonds is 6. The van der Waals surface area contributed by atoms with Crippen LogP contribution in [-0.4, -0.2) is 15.2 Å². The molecule has 1 N–H and O–H groups in total. The summed E-state index contributed by atoms with van der Waals surface area (Å²) in [5.41, 5.74) is 1.66. The van der Waals surface area contributed by atoms with Crippen LogP contribution in [0.25, 0.3) is 0 Å². The molecular formula is C19H18F2N4O. The van der Waals surface area contributed by atoms with Crippen molar-refractivity contribution < 1.29 is 13.5 Å². The standard InChI is InChI=1S/C19H18F2N4O/c1-12(2)17-7-8-18(25-24-17)23-11-13-4-3-9-22-19(13)26-14-5-6-15(20)16(21)10-14/h3-10,12H,11H2,1-2H3,(H,23,25). The normalized spacial score (nSPS) is 10.8. The van der Waals surface area contributed by atoms with Gasteiger partial charge >= 0.3 is 0 Å². The first-order valence-electron chi connectivity index (χ1n) is 8.17. The van der Waals surface area contributed by atoms with Crippen LogP contribution < -0.4 is 10.1 Å². The van der Waals surface area contributed by atoms with Crippen LogP contribution >= 0.6 is 0 Å². The summed E-state index contributed by atoms with van der Waals surface area (Å²) in [6.45, 7) is 4.49. The Morgan fingerprint density at radius 1 is 1.04 bits per heavy atom. The van der Waals surface area contributed by atoms with Crippen LogP contribution in [0.2, 0.25) is 0 Å². The number of anilines is 1. The number of nitrogens with one attached hydrogen (secondary N) is 1. The minimum Gasteiger partial charge on any atom is -0.439 e. The third-order valence-corrected chi connectivity index (χ3v) is 3.69. The van der Waals surface area contributed by atoms with E-state index in [2.05, 4.69) is 34.3 Å². The van der Waals surface area contributed by atoms with Crippen molar-refractivity contribution in [1.82, 2.24) is 15.2 Å². The van der Waals surface area contributed by atoms with Crippen molar-refractivity contribution in [3.05, 3.63) is 71.6 Å². The van der Waals surface area contributed by atoms with Crippen LogP contribution in [0.3, 0.4) is 0 Å². The van der Waals surface area contributed by atoms with E-state index >= 15 is 0 Å². The molecule has 0 amide bonds. The van der Waals surface area contributed by atoms with E-state index in [1.807, 2.05) is 18.2 Å². The minimum absolute atomic E-state index is 0.171. The molecule has 134 valence electrons. The van der Waals surface area contributed by atoms with Gasteiger partial charge in [0.05, 0.1) is 5.69 Å². The summed E-state index contributed by atoms with van der Waals surface area (Å²) in [5, 5.41) is 11.4. The minimum atomic E-state index is -0.973. The van der Waals surface area contributed by atoms with Crippen molar-refractivity contribution in [2.24, 2.45) is 0 Å². The SMILES string of the molecule is CC(C)c1ccc(NCc2cccnc2Oc2ccc(F)c(F)c2)nn1. The first-order chi connectivity index (χ1) is 12.5. The molecular weight excluding hydrogens is 338 g/mol. The van der Waals surface area contributed by atoms with Crippen LogP contribution in [0.4, 0.5) is 14.6 Å². The van der Waals surface area contributed by atoms with Gasteiger partial charge in [0.25, 0.3) is 0 Å². The Morgan fingerprint density at radius 2 is 1.88 bits per heavy atom. The quantitative estimate of drug-likeness (QED) is 0.695. The molecule has 0 aliphatic carbocycles. The Kier molecular flexibility index (Phi) is 5.36. The summed E-state index contributed by atoms with van der Waals surface area (Å²) in [6.07, 6.45) is 1.57. The van der Waals surface area contributed by atoms with Gasteiger partial charge in [0.1, 0.15) is 11.6 Å². The van der Waals surface area contributed by atoms with Gasteiger partial charge in [0, 0.05) is 24.4 Å². The molecule has 0 aliphatic heterocycles. The van der Waals surface area contributed by atoms with Crippen molar-refractivity contribution in [2.75, 3.05) is 5.32 Å². The number of ether oxygens (including phenoxy) is 1. The first kappa shape index (κ1) is 17.7. The lowest BCUT2D eigenvalue weighted by Crippen LogP contribution is -2.05. The summed E-state index contributed by atoms with van der Waals surface area (Å²) in [5.74, 6) is -0.493. The molecule has 1 aromatic carbocycles. The third kappa shape index (κ3) is 4.30. The van der Waals surface area contributed by atoms with E-state index in [0.29, 0.717) is 24.2 Å². The smallest absolute Gasteiger partial charge is 0.224 e. The van der Waals surface area contributed by atoms with Crippen molar-refractivity contribution >= 4 is 5.82 Å². The highest BCUT2D eigenvalue weighted by atomic mass is 19.2. The van der Waals surface area contributed by atoms with Gasteiger partial charge in [-0.15, -0.1) is 5.10 Å². The number of hydrogen-bond acceptors (Lipinski definition) is 5. The Labute approximate surface area is 150 Å². The van der Waals surface area contributed by atoms with Crippen molar-refractivity contribution in [2.45, 2.75) is 26.3 Å². The van der Waals surface area contributed by atoms with Crippen molar-refractivity contribution in [3.8, 4) is 11.6 Å². The van der Waals surface area contributed by atoms with E-state index in [0.717, 1.165) is 23.4 Å². The summed E-state index contributed by atoms with van der Waals surface area (Å²) >= 11 is 0. The molecule has 26 heavy (non-hydrogen) atoms. The highest BCUT2D eigenvalue weighted by Gasteiger charge is 2.09. The summed E-state index contributed by atoms with van der Waals surface area (Å²) in [6, 6.07) is 10.7. The topological polar surface area (TPSA) is 59.9 Å². The maximum atomic E-state index is 13.3. The molecule has 7 heteroatoms. The van der Waals surface area contributed by atoms with Gasteiger partial charge in [0.15, 0.2) is 11.6 Å². The summed E-state index contributed by atoms with van der Waals surface area (Å²) in [7, 11) is 0. The zero-order valence-electron chi connectivity index (χ0n) is 14.4. The second-order valence-corrected chi connectivity index (χ2v) is 6.00. The fraction of sp³-hybridized carbons (Fsp3) is 0.211. The third-order valence-electron chi connectivity index (χ3n) is 3.69. The molecule has 0 saturated heterocycles. The molecule has 0 aliphatic rings. The van der Waals surface area contributed by atoms with Crippen molar-refractivity contribution in [1.29, 1.82) is 0 Å². The van der Waals surface area contributed by atoms with Crippen molar-refractivity contribution in [3.63, 3.8) is 0 Å². The second-order valence-electron chi connectivity index (χ2n) is 6.00. The fourth-order valence-corrected chi connectivity index (χ4v) is 2.23. The molecule has 0 unspecified atom stereocenters. The predicted molar refractivity (Wildman–Crippen MR) is 94.1 cm³/mol. The van der Waals surface area contributed by atoms with Crippen LogP contribution in [-0.2, 0) is 6.54 Å². The van der Waals surface area contributed by atoms with Gasteiger partial charge in [-0.05, 0) is 36.2 Å². The molecule has 0 fully saturated rings. The van der Waals surface area contributed by atoms with E-state index in [4.69, 9.17) is 4.74 Å². The van der Waals surface area contributed by atoms with E-state index in [1.165, 1.54) is 6.07 Å². The maximum Gasteiger partial charge on any atom is 0.224 e. The zero-order chi connectivity index (χ0) is 18.5. The summed E-state index contributed by atoms with van der Waals surface area (Å²) < 4.78 is 32.0. The molecule has 5 nitrogen and oxygen atoms in total. The van der Waals surface area contributed by atoms with Crippen LogP contribution in [0, 0.1) is 11.6 Å². The fourth-order valence-electron chi connectivity index (χ4n) is 2.23. The maximum absolute atomic E-state index is 13.3. The molecule has 0 saturated carbocycles. The number of aromatic nitrogens is 3. The highest BCUT2D eigenvalue weighted by molar-refractivity contribution is 5.38. The van der Waals surface area contributed by atoms with E-state index < -0.39 is 11.6 Å². The molecule has 0 atom stereocenters. The number of hydrogen-bond donors (Lipinski definition) is 1. The van der Waals surface area contributed by atoms with Gasteiger partial charge in [-0.1, -0.05) is 19.9 Å². The Hall–Kier alpha value is -3.09. The van der Waals surface area contributed by atoms with Gasteiger partial charge in [0.2, 0.25) is 5.88 Å². The number of nitrogens with zero attached hydrogens (tertiary/aromatic N) is 3. The Balaban J connectivity index is 1.71. The van der Waals surface area contributed by atoms with Gasteiger partial charge < -0.3 is 10.1 Å². The van der Waals surface area contributed by atoms with Crippen LogP contribution in [0.1, 0.15) is 31.0 Å². The van der Waals surface area contributed by atoms with E-state index in [1.54, 1.807) is 12.3 Å². The van der Waals surface area contributed by atoms with Gasteiger partial charge in [-0.3, -0.25) is 0 Å². The molecule has 3 aromatic rings. The predicted octanol–water partition coefficient (Wildman–Crippen LogP) is 4.68. The second kappa shape index (κ2) is 7.86. The Bertz CT molecular complexity index is 885. The lowest BCUT2D eigenvalue weighted by atomic mass is 10.1.